The van der Waals surface area contributed by atoms with Crippen LogP contribution in [0.5, 0.6) is 0 Å². The van der Waals surface area contributed by atoms with Gasteiger partial charge in [-0.3, -0.25) is 14.3 Å². The average Bonchev–Trinajstić information content (AvgIpc) is 2.67. The standard InChI is InChI=1S/C12H18N2O5/c1-2-6-4-14(12(19)13-11(6)18)8-3-7(5-15)9(16)10(8)17/h4,7-10,15-17H,2-3,5H2,1H3,(H,13,18,19)/t7-,8-,9-,10-/m1/s1. The van der Waals surface area contributed by atoms with Gasteiger partial charge in [-0.05, 0) is 12.8 Å². The van der Waals surface area contributed by atoms with Crippen molar-refractivity contribution in [2.24, 2.45) is 5.92 Å². The lowest BCUT2D eigenvalue weighted by Gasteiger charge is -2.19. The molecule has 0 unspecified atom stereocenters. The van der Waals surface area contributed by atoms with Crippen LogP contribution in [-0.2, 0) is 6.42 Å². The SMILES string of the molecule is CCc1cn([C@@H]2C[C@H](CO)[C@@H](O)[C@@H]2O)c(=O)[nH]c1=O. The van der Waals surface area contributed by atoms with Crippen LogP contribution in [0.25, 0.3) is 0 Å². The molecule has 0 radical (unpaired) electrons. The van der Waals surface area contributed by atoms with Gasteiger partial charge in [0.2, 0.25) is 0 Å². The lowest BCUT2D eigenvalue weighted by Crippen LogP contribution is -2.38. The van der Waals surface area contributed by atoms with E-state index in [2.05, 4.69) is 4.98 Å². The first kappa shape index (κ1) is 14.0. The lowest BCUT2D eigenvalue weighted by atomic mass is 10.1. The van der Waals surface area contributed by atoms with E-state index in [9.17, 15) is 19.8 Å². The van der Waals surface area contributed by atoms with E-state index in [4.69, 9.17) is 5.11 Å². The number of aromatic amines is 1. The summed E-state index contributed by atoms with van der Waals surface area (Å²) < 4.78 is 1.24. The van der Waals surface area contributed by atoms with Crippen molar-refractivity contribution < 1.29 is 15.3 Å². The molecular formula is C12H18N2O5. The molecule has 1 aliphatic rings. The summed E-state index contributed by atoms with van der Waals surface area (Å²) in [6, 6.07) is -0.637. The van der Waals surface area contributed by atoms with Crippen molar-refractivity contribution >= 4 is 0 Å². The summed E-state index contributed by atoms with van der Waals surface area (Å²) in [6.07, 6.45) is -0.0377. The van der Waals surface area contributed by atoms with Crippen LogP contribution in [0.3, 0.4) is 0 Å². The topological polar surface area (TPSA) is 116 Å². The van der Waals surface area contributed by atoms with Crippen LogP contribution in [0.4, 0.5) is 0 Å². The molecule has 0 aromatic carbocycles. The fourth-order valence-corrected chi connectivity index (χ4v) is 2.58. The highest BCUT2D eigenvalue weighted by Gasteiger charge is 2.42. The van der Waals surface area contributed by atoms with E-state index in [0.29, 0.717) is 12.0 Å². The third-order valence-electron chi connectivity index (χ3n) is 3.79. The molecule has 4 atom stereocenters. The van der Waals surface area contributed by atoms with Gasteiger partial charge in [0, 0.05) is 24.3 Å². The molecule has 0 bridgehead atoms. The smallest absolute Gasteiger partial charge is 0.328 e. The highest BCUT2D eigenvalue weighted by atomic mass is 16.3. The number of aryl methyl sites for hydroxylation is 1. The molecular weight excluding hydrogens is 252 g/mol. The molecule has 4 N–H and O–H groups in total. The van der Waals surface area contributed by atoms with Gasteiger partial charge in [-0.25, -0.2) is 4.79 Å². The minimum Gasteiger partial charge on any atom is -0.396 e. The third kappa shape index (κ3) is 2.36. The van der Waals surface area contributed by atoms with Crippen LogP contribution in [0, 0.1) is 5.92 Å². The quantitative estimate of drug-likeness (QED) is 0.526. The molecule has 1 aromatic heterocycles. The maximum absolute atomic E-state index is 11.8. The van der Waals surface area contributed by atoms with Crippen molar-refractivity contribution in [1.29, 1.82) is 0 Å². The van der Waals surface area contributed by atoms with Crippen molar-refractivity contribution in [1.82, 2.24) is 9.55 Å². The molecule has 0 amide bonds. The Morgan fingerprint density at radius 3 is 2.58 bits per heavy atom. The average molecular weight is 270 g/mol. The van der Waals surface area contributed by atoms with Gasteiger partial charge < -0.3 is 15.3 Å². The fraction of sp³-hybridized carbons (Fsp3) is 0.667. The van der Waals surface area contributed by atoms with Crippen LogP contribution in [-0.4, -0.2) is 43.7 Å². The summed E-state index contributed by atoms with van der Waals surface area (Å²) >= 11 is 0. The van der Waals surface area contributed by atoms with E-state index in [0.717, 1.165) is 0 Å². The van der Waals surface area contributed by atoms with E-state index >= 15 is 0 Å². The molecule has 0 spiro atoms. The maximum Gasteiger partial charge on any atom is 0.328 e. The molecule has 1 saturated carbocycles. The molecule has 7 heteroatoms. The van der Waals surface area contributed by atoms with E-state index in [1.165, 1.54) is 10.8 Å². The Hall–Kier alpha value is -1.44. The largest absolute Gasteiger partial charge is 0.396 e. The second kappa shape index (κ2) is 5.28. The molecule has 19 heavy (non-hydrogen) atoms. The summed E-state index contributed by atoms with van der Waals surface area (Å²) in [4.78, 5) is 25.5. The number of hydrogen-bond donors (Lipinski definition) is 4. The van der Waals surface area contributed by atoms with E-state index in [1.807, 2.05) is 0 Å². The minimum atomic E-state index is -1.13. The number of nitrogens with zero attached hydrogens (tertiary/aromatic N) is 1. The molecule has 1 aliphatic carbocycles. The predicted octanol–water partition coefficient (Wildman–Crippen LogP) is -1.63. The Morgan fingerprint density at radius 2 is 2.05 bits per heavy atom. The zero-order valence-corrected chi connectivity index (χ0v) is 10.6. The van der Waals surface area contributed by atoms with Gasteiger partial charge in [0.15, 0.2) is 0 Å². The van der Waals surface area contributed by atoms with Crippen LogP contribution in [0.1, 0.15) is 24.9 Å². The summed E-state index contributed by atoms with van der Waals surface area (Å²) in [6.45, 7) is 1.53. The zero-order chi connectivity index (χ0) is 14.2. The first-order valence-corrected chi connectivity index (χ1v) is 6.30. The first-order valence-electron chi connectivity index (χ1n) is 6.30. The van der Waals surface area contributed by atoms with Crippen molar-refractivity contribution in [2.75, 3.05) is 6.61 Å². The van der Waals surface area contributed by atoms with Crippen LogP contribution in [0.15, 0.2) is 15.8 Å². The first-order chi connectivity index (χ1) is 8.99. The van der Waals surface area contributed by atoms with Crippen molar-refractivity contribution in [2.45, 2.75) is 38.0 Å². The highest BCUT2D eigenvalue weighted by Crippen LogP contribution is 2.34. The number of H-pyrrole nitrogens is 1. The Morgan fingerprint density at radius 1 is 1.37 bits per heavy atom. The molecule has 2 rings (SSSR count). The number of hydrogen-bond acceptors (Lipinski definition) is 5. The van der Waals surface area contributed by atoms with Gasteiger partial charge in [-0.2, -0.15) is 0 Å². The van der Waals surface area contributed by atoms with Gasteiger partial charge in [-0.15, -0.1) is 0 Å². The normalized spacial score (nSPS) is 30.7. The Bertz CT molecular complexity index is 564. The fourth-order valence-electron chi connectivity index (χ4n) is 2.58. The number of aliphatic hydroxyl groups excluding tert-OH is 3. The van der Waals surface area contributed by atoms with Crippen LogP contribution >= 0.6 is 0 Å². The van der Waals surface area contributed by atoms with Crippen LogP contribution < -0.4 is 11.2 Å². The maximum atomic E-state index is 11.8. The monoisotopic (exact) mass is 270 g/mol. The molecule has 1 heterocycles. The van der Waals surface area contributed by atoms with Crippen molar-refractivity contribution in [3.8, 4) is 0 Å². The number of nitrogens with one attached hydrogen (secondary N) is 1. The Kier molecular flexibility index (Phi) is 3.88. The van der Waals surface area contributed by atoms with Gasteiger partial charge in [0.05, 0.1) is 12.1 Å². The van der Waals surface area contributed by atoms with Gasteiger partial charge in [-0.1, -0.05) is 6.92 Å². The Labute approximate surface area is 109 Å². The Balaban J connectivity index is 2.43. The van der Waals surface area contributed by atoms with Gasteiger partial charge in [0.25, 0.3) is 5.56 Å². The molecule has 106 valence electrons. The molecule has 0 aliphatic heterocycles. The third-order valence-corrected chi connectivity index (χ3v) is 3.79. The van der Waals surface area contributed by atoms with Crippen molar-refractivity contribution in [3.63, 3.8) is 0 Å². The summed E-state index contributed by atoms with van der Waals surface area (Å²) in [5, 5.41) is 28.8. The molecule has 1 aromatic rings. The minimum absolute atomic E-state index is 0.256. The highest BCUT2D eigenvalue weighted by molar-refractivity contribution is 5.07. The second-order valence-corrected chi connectivity index (χ2v) is 4.90. The van der Waals surface area contributed by atoms with E-state index in [-0.39, 0.29) is 13.0 Å². The summed E-state index contributed by atoms with van der Waals surface area (Å²) in [7, 11) is 0. The number of aliphatic hydroxyl groups is 3. The molecule has 0 saturated heterocycles. The van der Waals surface area contributed by atoms with Crippen molar-refractivity contribution in [3.05, 3.63) is 32.6 Å². The summed E-state index contributed by atoms with van der Waals surface area (Å²) in [5.41, 5.74) is -0.610. The lowest BCUT2D eigenvalue weighted by molar-refractivity contribution is -0.00458. The number of rotatable bonds is 3. The van der Waals surface area contributed by atoms with Gasteiger partial charge >= 0.3 is 5.69 Å². The van der Waals surface area contributed by atoms with E-state index in [1.54, 1.807) is 6.92 Å². The molecule has 7 nitrogen and oxygen atoms in total. The zero-order valence-electron chi connectivity index (χ0n) is 10.6. The predicted molar refractivity (Wildman–Crippen MR) is 66.9 cm³/mol. The molecule has 1 fully saturated rings. The number of aromatic nitrogens is 2. The van der Waals surface area contributed by atoms with E-state index < -0.39 is 35.4 Å². The van der Waals surface area contributed by atoms with Crippen LogP contribution in [0.2, 0.25) is 0 Å². The second-order valence-electron chi connectivity index (χ2n) is 4.90. The summed E-state index contributed by atoms with van der Waals surface area (Å²) in [5.74, 6) is -0.469. The van der Waals surface area contributed by atoms with Gasteiger partial charge in [0.1, 0.15) is 6.10 Å².